The summed E-state index contributed by atoms with van der Waals surface area (Å²) >= 11 is 0. The van der Waals surface area contributed by atoms with Crippen molar-refractivity contribution in [3.05, 3.63) is 188 Å². The van der Waals surface area contributed by atoms with Gasteiger partial charge in [-0.15, -0.1) is 0 Å². The van der Waals surface area contributed by atoms with Crippen LogP contribution in [0.25, 0.3) is 99.5 Å². The molecule has 3 nitrogen and oxygen atoms in total. The van der Waals surface area contributed by atoms with Crippen LogP contribution in [0.5, 0.6) is 0 Å². The second kappa shape index (κ2) is 12.4. The first-order chi connectivity index (χ1) is 25.8. The molecule has 9 aromatic carbocycles. The van der Waals surface area contributed by atoms with Gasteiger partial charge >= 0.3 is 0 Å². The second-order valence-electron chi connectivity index (χ2n) is 13.2. The van der Waals surface area contributed by atoms with Crippen molar-refractivity contribution >= 4 is 43.1 Å². The highest BCUT2D eigenvalue weighted by molar-refractivity contribution is 6.22. The molecule has 0 radical (unpaired) electrons. The minimum atomic E-state index is 0.642. The molecule has 10 rings (SSSR count). The monoisotopic (exact) mass is 661 g/mol. The number of aromatic nitrogens is 3. The molecule has 0 spiro atoms. The highest BCUT2D eigenvalue weighted by Crippen LogP contribution is 2.43. The molecule has 0 aliphatic carbocycles. The molecule has 0 bridgehead atoms. The van der Waals surface area contributed by atoms with Crippen LogP contribution in [0.4, 0.5) is 0 Å². The van der Waals surface area contributed by atoms with E-state index >= 15 is 0 Å². The average molecular weight is 662 g/mol. The Morgan fingerprint density at radius 1 is 0.250 bits per heavy atom. The fourth-order valence-electron chi connectivity index (χ4n) is 7.61. The number of fused-ring (bicyclic) bond motifs is 5. The van der Waals surface area contributed by atoms with Crippen molar-refractivity contribution in [1.82, 2.24) is 15.0 Å². The average Bonchev–Trinajstić information content (AvgIpc) is 3.23. The lowest BCUT2D eigenvalue weighted by molar-refractivity contribution is 1.08. The Morgan fingerprint density at radius 3 is 1.44 bits per heavy atom. The molecule has 1 aromatic heterocycles. The number of benzene rings is 9. The lowest BCUT2D eigenvalue weighted by Crippen LogP contribution is -2.01. The number of nitrogens with zero attached hydrogens (tertiary/aromatic N) is 3. The summed E-state index contributed by atoms with van der Waals surface area (Å²) in [6.45, 7) is 0. The Kier molecular flexibility index (Phi) is 7.14. The van der Waals surface area contributed by atoms with Crippen LogP contribution in [-0.2, 0) is 0 Å². The van der Waals surface area contributed by atoms with Gasteiger partial charge in [-0.2, -0.15) is 0 Å². The van der Waals surface area contributed by atoms with Crippen molar-refractivity contribution in [2.24, 2.45) is 0 Å². The van der Waals surface area contributed by atoms with Crippen LogP contribution < -0.4 is 0 Å². The van der Waals surface area contributed by atoms with E-state index in [4.69, 9.17) is 15.0 Å². The first-order valence-electron chi connectivity index (χ1n) is 17.6. The fourth-order valence-corrected chi connectivity index (χ4v) is 7.61. The summed E-state index contributed by atoms with van der Waals surface area (Å²) in [7, 11) is 0. The smallest absolute Gasteiger partial charge is 0.164 e. The van der Waals surface area contributed by atoms with Gasteiger partial charge in [0.2, 0.25) is 0 Å². The van der Waals surface area contributed by atoms with Crippen LogP contribution in [0, 0.1) is 0 Å². The van der Waals surface area contributed by atoms with Crippen LogP contribution in [0.1, 0.15) is 0 Å². The van der Waals surface area contributed by atoms with Crippen molar-refractivity contribution in [2.75, 3.05) is 0 Å². The SMILES string of the molecule is c1ccc(-c2ccc(-c3nc(-c4ccccc4)nc(-c4ccc(-c5c6ccccc6cc6c5ccc5ccccc56)c5ccccc45)n3)cc2)cc1. The van der Waals surface area contributed by atoms with Crippen molar-refractivity contribution in [3.8, 4) is 56.4 Å². The number of hydrogen-bond donors (Lipinski definition) is 0. The molecule has 0 N–H and O–H groups in total. The maximum atomic E-state index is 5.17. The number of hydrogen-bond acceptors (Lipinski definition) is 3. The van der Waals surface area contributed by atoms with Gasteiger partial charge in [0, 0.05) is 16.7 Å². The highest BCUT2D eigenvalue weighted by atomic mass is 15.0. The quantitative estimate of drug-likeness (QED) is 0.136. The molecule has 0 unspecified atom stereocenters. The van der Waals surface area contributed by atoms with Crippen LogP contribution in [-0.4, -0.2) is 15.0 Å². The maximum Gasteiger partial charge on any atom is 0.164 e. The Balaban J connectivity index is 1.19. The first-order valence-corrected chi connectivity index (χ1v) is 17.6. The molecule has 0 fully saturated rings. The van der Waals surface area contributed by atoms with E-state index in [0.717, 1.165) is 33.0 Å². The largest absolute Gasteiger partial charge is 0.208 e. The van der Waals surface area contributed by atoms with Crippen molar-refractivity contribution in [1.29, 1.82) is 0 Å². The van der Waals surface area contributed by atoms with E-state index in [-0.39, 0.29) is 0 Å². The topological polar surface area (TPSA) is 38.7 Å². The van der Waals surface area contributed by atoms with Crippen LogP contribution in [0.2, 0.25) is 0 Å². The second-order valence-corrected chi connectivity index (χ2v) is 13.2. The van der Waals surface area contributed by atoms with Gasteiger partial charge in [-0.3, -0.25) is 0 Å². The van der Waals surface area contributed by atoms with Gasteiger partial charge in [0.15, 0.2) is 17.5 Å². The minimum absolute atomic E-state index is 0.642. The standard InChI is InChI=1S/C49H31N3/c1-3-13-32(14-4-1)33-23-25-36(26-24-33)48-50-47(35-16-5-2-6-17-35)51-49(52-48)44-30-29-42(40-21-11-12-22-41(40)44)46-39-20-10-8-18-37(39)31-45-38-19-9-7-15-34(38)27-28-43(45)46/h1-31H. The van der Waals surface area contributed by atoms with E-state index in [1.807, 2.05) is 24.3 Å². The molecule has 242 valence electrons. The molecule has 1 heterocycles. The van der Waals surface area contributed by atoms with E-state index in [1.54, 1.807) is 0 Å². The lowest BCUT2D eigenvalue weighted by Gasteiger charge is -2.17. The molecule has 3 heteroatoms. The Bertz CT molecular complexity index is 2930. The van der Waals surface area contributed by atoms with Gasteiger partial charge in [0.25, 0.3) is 0 Å². The third-order valence-electron chi connectivity index (χ3n) is 10.1. The zero-order valence-corrected chi connectivity index (χ0v) is 28.2. The molecule has 0 aliphatic heterocycles. The van der Waals surface area contributed by atoms with E-state index in [1.165, 1.54) is 49.0 Å². The van der Waals surface area contributed by atoms with Gasteiger partial charge in [-0.1, -0.05) is 176 Å². The van der Waals surface area contributed by atoms with Gasteiger partial charge in [0.1, 0.15) is 0 Å². The normalized spacial score (nSPS) is 11.5. The molecule has 0 aliphatic rings. The van der Waals surface area contributed by atoms with Crippen molar-refractivity contribution in [3.63, 3.8) is 0 Å². The Morgan fingerprint density at radius 2 is 0.731 bits per heavy atom. The van der Waals surface area contributed by atoms with E-state index < -0.39 is 0 Å². The van der Waals surface area contributed by atoms with E-state index in [2.05, 4.69) is 164 Å². The van der Waals surface area contributed by atoms with Gasteiger partial charge in [-0.25, -0.2) is 15.0 Å². The predicted octanol–water partition coefficient (Wildman–Crippen LogP) is 12.8. The maximum absolute atomic E-state index is 5.17. The van der Waals surface area contributed by atoms with Crippen LogP contribution in [0.3, 0.4) is 0 Å². The first kappa shape index (κ1) is 29.9. The lowest BCUT2D eigenvalue weighted by atomic mass is 9.87. The molecule has 0 atom stereocenters. The number of rotatable bonds is 5. The van der Waals surface area contributed by atoms with Gasteiger partial charge in [-0.05, 0) is 77.5 Å². The van der Waals surface area contributed by atoms with Crippen LogP contribution in [0.15, 0.2) is 188 Å². The molecular formula is C49H31N3. The zero-order chi connectivity index (χ0) is 34.4. The minimum Gasteiger partial charge on any atom is -0.208 e. The molecule has 52 heavy (non-hydrogen) atoms. The van der Waals surface area contributed by atoms with Crippen LogP contribution >= 0.6 is 0 Å². The summed E-state index contributed by atoms with van der Waals surface area (Å²) in [5.41, 5.74) is 7.61. The third kappa shape index (κ3) is 5.10. The summed E-state index contributed by atoms with van der Waals surface area (Å²) in [6, 6.07) is 66.4. The van der Waals surface area contributed by atoms with Crippen molar-refractivity contribution < 1.29 is 0 Å². The molecule has 0 saturated heterocycles. The van der Waals surface area contributed by atoms with E-state index in [0.29, 0.717) is 17.5 Å². The molecule has 10 aromatic rings. The summed E-state index contributed by atoms with van der Waals surface area (Å²) < 4.78 is 0. The molecule has 0 amide bonds. The van der Waals surface area contributed by atoms with E-state index in [9.17, 15) is 0 Å². The van der Waals surface area contributed by atoms with Gasteiger partial charge in [0.05, 0.1) is 0 Å². The summed E-state index contributed by atoms with van der Waals surface area (Å²) in [5.74, 6) is 1.93. The molecule has 0 saturated carbocycles. The highest BCUT2D eigenvalue weighted by Gasteiger charge is 2.19. The fraction of sp³-hybridized carbons (Fsp3) is 0. The third-order valence-corrected chi connectivity index (χ3v) is 10.1. The van der Waals surface area contributed by atoms with Gasteiger partial charge < -0.3 is 0 Å². The Hall–Kier alpha value is -6.97. The predicted molar refractivity (Wildman–Crippen MR) is 217 cm³/mol. The molecular weight excluding hydrogens is 631 g/mol. The zero-order valence-electron chi connectivity index (χ0n) is 28.2. The summed E-state index contributed by atoms with van der Waals surface area (Å²) in [6.07, 6.45) is 0. The Labute approximate surface area is 301 Å². The van der Waals surface area contributed by atoms with Crippen molar-refractivity contribution in [2.45, 2.75) is 0 Å². The summed E-state index contributed by atoms with van der Waals surface area (Å²) in [5, 5.41) is 9.70. The summed E-state index contributed by atoms with van der Waals surface area (Å²) in [4.78, 5) is 15.3.